The van der Waals surface area contributed by atoms with Gasteiger partial charge in [-0.05, 0) is 20.8 Å². The number of aryl methyl sites for hydroxylation is 2. The van der Waals surface area contributed by atoms with E-state index < -0.39 is 6.04 Å². The second kappa shape index (κ2) is 6.91. The van der Waals surface area contributed by atoms with Gasteiger partial charge >= 0.3 is 0 Å². The van der Waals surface area contributed by atoms with Gasteiger partial charge in [-0.2, -0.15) is 0 Å². The third kappa shape index (κ3) is 3.65. The van der Waals surface area contributed by atoms with Crippen LogP contribution in [-0.4, -0.2) is 62.9 Å². The number of carbonyl (C=O) groups excluding carboxylic acids is 2. The third-order valence-electron chi connectivity index (χ3n) is 4.26. The zero-order chi connectivity index (χ0) is 16.3. The van der Waals surface area contributed by atoms with E-state index >= 15 is 0 Å². The van der Waals surface area contributed by atoms with Crippen LogP contribution in [0.5, 0.6) is 0 Å². The lowest BCUT2D eigenvalue weighted by atomic mass is 10.1. The topological polar surface area (TPSA) is 84.5 Å². The van der Waals surface area contributed by atoms with Crippen LogP contribution in [0.25, 0.3) is 0 Å². The van der Waals surface area contributed by atoms with Crippen molar-refractivity contribution in [2.24, 2.45) is 5.73 Å². The molecule has 0 spiro atoms. The van der Waals surface area contributed by atoms with Crippen LogP contribution in [0.1, 0.15) is 26.1 Å². The van der Waals surface area contributed by atoms with Gasteiger partial charge in [-0.3, -0.25) is 14.5 Å². The standard InChI is InChI=1S/C15H25N5O2/c1-11(2)20-9-8-19(10-13(20)15(16)22)14(21)4-6-18-7-5-17-12(18)3/h5,7,11,13H,4,6,8-10H2,1-3H3,(H2,16,22). The van der Waals surface area contributed by atoms with E-state index in [4.69, 9.17) is 5.73 Å². The van der Waals surface area contributed by atoms with Gasteiger partial charge in [-0.15, -0.1) is 0 Å². The van der Waals surface area contributed by atoms with E-state index in [0.29, 0.717) is 32.6 Å². The van der Waals surface area contributed by atoms with E-state index in [9.17, 15) is 9.59 Å². The third-order valence-corrected chi connectivity index (χ3v) is 4.26. The van der Waals surface area contributed by atoms with E-state index in [0.717, 1.165) is 5.82 Å². The molecule has 0 aliphatic carbocycles. The van der Waals surface area contributed by atoms with Crippen molar-refractivity contribution in [1.82, 2.24) is 19.4 Å². The molecule has 2 amide bonds. The number of hydrogen-bond donors (Lipinski definition) is 1. The second-order valence-electron chi connectivity index (χ2n) is 6.01. The predicted molar refractivity (Wildman–Crippen MR) is 83.0 cm³/mol. The molecule has 1 aromatic rings. The summed E-state index contributed by atoms with van der Waals surface area (Å²) < 4.78 is 1.95. The normalized spacial score (nSPS) is 19.6. The molecule has 2 heterocycles. The Labute approximate surface area is 131 Å². The summed E-state index contributed by atoms with van der Waals surface area (Å²) >= 11 is 0. The summed E-state index contributed by atoms with van der Waals surface area (Å²) in [4.78, 5) is 32.0. The van der Waals surface area contributed by atoms with Gasteiger partial charge in [0, 0.05) is 51.0 Å². The Morgan fingerprint density at radius 2 is 2.14 bits per heavy atom. The molecule has 122 valence electrons. The van der Waals surface area contributed by atoms with Crippen LogP contribution in [0.3, 0.4) is 0 Å². The quantitative estimate of drug-likeness (QED) is 0.829. The Morgan fingerprint density at radius 1 is 1.41 bits per heavy atom. The van der Waals surface area contributed by atoms with Gasteiger partial charge < -0.3 is 15.2 Å². The van der Waals surface area contributed by atoms with Crippen molar-refractivity contribution >= 4 is 11.8 Å². The zero-order valence-electron chi connectivity index (χ0n) is 13.5. The minimum absolute atomic E-state index is 0.0581. The highest BCUT2D eigenvalue weighted by Crippen LogP contribution is 2.14. The largest absolute Gasteiger partial charge is 0.368 e. The molecule has 1 fully saturated rings. The number of primary amides is 1. The molecule has 1 saturated heterocycles. The number of carbonyl (C=O) groups is 2. The molecular formula is C15H25N5O2. The summed E-state index contributed by atoms with van der Waals surface area (Å²) in [6, 6.07) is -0.156. The smallest absolute Gasteiger partial charge is 0.236 e. The van der Waals surface area contributed by atoms with Crippen molar-refractivity contribution in [3.63, 3.8) is 0 Å². The molecule has 2 N–H and O–H groups in total. The summed E-state index contributed by atoms with van der Waals surface area (Å²) in [5.41, 5.74) is 5.50. The van der Waals surface area contributed by atoms with E-state index in [1.165, 1.54) is 0 Å². The van der Waals surface area contributed by atoms with Crippen LogP contribution in [0.2, 0.25) is 0 Å². The first-order valence-corrected chi connectivity index (χ1v) is 7.70. The van der Waals surface area contributed by atoms with Gasteiger partial charge in [0.1, 0.15) is 11.9 Å². The molecule has 0 saturated carbocycles. The summed E-state index contributed by atoms with van der Waals surface area (Å²) in [7, 11) is 0. The molecular weight excluding hydrogens is 282 g/mol. The molecule has 0 radical (unpaired) electrons. The Bertz CT molecular complexity index is 540. The number of nitrogens with two attached hydrogens (primary N) is 1. The Morgan fingerprint density at radius 3 is 2.68 bits per heavy atom. The van der Waals surface area contributed by atoms with Crippen LogP contribution >= 0.6 is 0 Å². The number of rotatable bonds is 5. The lowest BCUT2D eigenvalue weighted by Crippen LogP contribution is -2.61. The lowest BCUT2D eigenvalue weighted by molar-refractivity contribution is -0.138. The molecule has 1 atom stereocenters. The van der Waals surface area contributed by atoms with Crippen LogP contribution in [-0.2, 0) is 16.1 Å². The fourth-order valence-corrected chi connectivity index (χ4v) is 2.91. The molecule has 7 heteroatoms. The molecule has 1 aliphatic rings. The van der Waals surface area contributed by atoms with Crippen molar-refractivity contribution in [3.8, 4) is 0 Å². The van der Waals surface area contributed by atoms with E-state index in [-0.39, 0.29) is 17.9 Å². The lowest BCUT2D eigenvalue weighted by Gasteiger charge is -2.42. The van der Waals surface area contributed by atoms with Gasteiger partial charge in [0.25, 0.3) is 0 Å². The number of aromatic nitrogens is 2. The first-order chi connectivity index (χ1) is 10.4. The van der Waals surface area contributed by atoms with Crippen LogP contribution in [0, 0.1) is 6.92 Å². The molecule has 2 rings (SSSR count). The SMILES string of the molecule is Cc1nccn1CCC(=O)N1CCN(C(C)C)C(C(N)=O)C1. The maximum Gasteiger partial charge on any atom is 0.236 e. The van der Waals surface area contributed by atoms with E-state index in [2.05, 4.69) is 9.88 Å². The predicted octanol–water partition coefficient (Wildman–Crippen LogP) is -0.0119. The van der Waals surface area contributed by atoms with Crippen molar-refractivity contribution in [1.29, 1.82) is 0 Å². The summed E-state index contributed by atoms with van der Waals surface area (Å²) in [5.74, 6) is 0.590. The van der Waals surface area contributed by atoms with Gasteiger partial charge in [0.05, 0.1) is 0 Å². The average Bonchev–Trinajstić information content (AvgIpc) is 2.89. The van der Waals surface area contributed by atoms with Crippen LogP contribution < -0.4 is 5.73 Å². The molecule has 22 heavy (non-hydrogen) atoms. The number of imidazole rings is 1. The Balaban J connectivity index is 1.93. The minimum atomic E-state index is -0.396. The van der Waals surface area contributed by atoms with Gasteiger partial charge in [0.2, 0.25) is 11.8 Å². The van der Waals surface area contributed by atoms with Crippen molar-refractivity contribution in [2.45, 2.75) is 45.8 Å². The summed E-state index contributed by atoms with van der Waals surface area (Å²) in [6.45, 7) is 8.30. The molecule has 0 aromatic carbocycles. The monoisotopic (exact) mass is 307 g/mol. The summed E-state index contributed by atoms with van der Waals surface area (Å²) in [5, 5.41) is 0. The van der Waals surface area contributed by atoms with Crippen molar-refractivity contribution in [3.05, 3.63) is 18.2 Å². The highest BCUT2D eigenvalue weighted by atomic mass is 16.2. The Kier molecular flexibility index (Phi) is 5.18. The fraction of sp³-hybridized carbons (Fsp3) is 0.667. The van der Waals surface area contributed by atoms with Crippen molar-refractivity contribution in [2.75, 3.05) is 19.6 Å². The average molecular weight is 307 g/mol. The maximum absolute atomic E-state index is 12.4. The number of piperazine rings is 1. The van der Waals surface area contributed by atoms with Gasteiger partial charge in [-0.25, -0.2) is 4.98 Å². The summed E-state index contributed by atoms with van der Waals surface area (Å²) in [6.07, 6.45) is 4.00. The molecule has 1 unspecified atom stereocenters. The minimum Gasteiger partial charge on any atom is -0.368 e. The van der Waals surface area contributed by atoms with E-state index in [1.54, 1.807) is 11.1 Å². The highest BCUT2D eigenvalue weighted by Gasteiger charge is 2.34. The number of hydrogen-bond acceptors (Lipinski definition) is 4. The van der Waals surface area contributed by atoms with Gasteiger partial charge in [-0.1, -0.05) is 0 Å². The van der Waals surface area contributed by atoms with E-state index in [1.807, 2.05) is 31.5 Å². The zero-order valence-corrected chi connectivity index (χ0v) is 13.5. The Hall–Kier alpha value is -1.89. The van der Waals surface area contributed by atoms with Gasteiger partial charge in [0.15, 0.2) is 0 Å². The highest BCUT2D eigenvalue weighted by molar-refractivity contribution is 5.82. The second-order valence-corrected chi connectivity index (χ2v) is 6.01. The van der Waals surface area contributed by atoms with Crippen LogP contribution in [0.15, 0.2) is 12.4 Å². The maximum atomic E-state index is 12.4. The molecule has 1 aliphatic heterocycles. The molecule has 7 nitrogen and oxygen atoms in total. The first-order valence-electron chi connectivity index (χ1n) is 7.70. The van der Waals surface area contributed by atoms with Crippen LogP contribution in [0.4, 0.5) is 0 Å². The fourth-order valence-electron chi connectivity index (χ4n) is 2.91. The first kappa shape index (κ1) is 16.5. The number of amides is 2. The molecule has 1 aromatic heterocycles. The van der Waals surface area contributed by atoms with Crippen molar-refractivity contribution < 1.29 is 9.59 Å². The number of nitrogens with zero attached hydrogens (tertiary/aromatic N) is 4. The molecule has 0 bridgehead atoms.